The summed E-state index contributed by atoms with van der Waals surface area (Å²) in [6.45, 7) is 4.30. The molecule has 0 aromatic heterocycles. The predicted molar refractivity (Wildman–Crippen MR) is 103 cm³/mol. The third-order valence-electron chi connectivity index (χ3n) is 6.70. The molecule has 4 rings (SSSR count). The molecule has 5 heteroatoms. The second-order valence-electron chi connectivity index (χ2n) is 9.01. The Hall–Kier alpha value is -1.46. The molecule has 1 aliphatic heterocycles. The summed E-state index contributed by atoms with van der Waals surface area (Å²) in [5.41, 5.74) is 1.34. The quantitative estimate of drug-likeness (QED) is 0.792. The lowest BCUT2D eigenvalue weighted by Gasteiger charge is -2.41. The molecule has 2 aliphatic carbocycles. The Kier molecular flexibility index (Phi) is 5.26. The largest absolute Gasteiger partial charge is 0.376 e. The Bertz CT molecular complexity index is 704. The first-order valence-corrected chi connectivity index (χ1v) is 10.3. The summed E-state index contributed by atoms with van der Waals surface area (Å²) < 4.78 is 19.7. The summed E-state index contributed by atoms with van der Waals surface area (Å²) in [7, 11) is 4.27. The molecule has 0 radical (unpaired) electrons. The summed E-state index contributed by atoms with van der Waals surface area (Å²) in [5.74, 6) is 1.56. The molecule has 27 heavy (non-hydrogen) atoms. The molecule has 4 nitrogen and oxygen atoms in total. The molecule has 0 unspecified atom stereocenters. The highest BCUT2D eigenvalue weighted by Gasteiger charge is 2.45. The molecule has 3 aliphatic rings. The number of halogens is 1. The van der Waals surface area contributed by atoms with E-state index in [1.165, 1.54) is 25.0 Å². The van der Waals surface area contributed by atoms with Gasteiger partial charge in [0.25, 0.3) is 5.91 Å². The van der Waals surface area contributed by atoms with E-state index >= 15 is 0 Å². The SMILES string of the molecule is Cc1cc(F)ccc1C(=O)N1C[C@H]2C[C@@H](N(C)C)[C@H](OCC3CC3)C[C@H]2C1. The minimum atomic E-state index is -0.288. The normalized spacial score (nSPS) is 30.6. The Morgan fingerprint density at radius 3 is 2.56 bits per heavy atom. The fourth-order valence-corrected chi connectivity index (χ4v) is 4.86. The molecule has 1 heterocycles. The molecular weight excluding hydrogens is 343 g/mol. The van der Waals surface area contributed by atoms with Gasteiger partial charge in [-0.15, -0.1) is 0 Å². The lowest BCUT2D eigenvalue weighted by Crippen LogP contribution is -2.48. The fraction of sp³-hybridized carbons (Fsp3) is 0.682. The first kappa shape index (κ1) is 18.9. The van der Waals surface area contributed by atoms with Crippen LogP contribution in [0.5, 0.6) is 0 Å². The van der Waals surface area contributed by atoms with E-state index in [9.17, 15) is 9.18 Å². The molecule has 0 bridgehead atoms. The number of likely N-dealkylation sites (N-methyl/N-ethyl adjacent to an activating group) is 1. The van der Waals surface area contributed by atoms with Crippen LogP contribution in [0.15, 0.2) is 18.2 Å². The smallest absolute Gasteiger partial charge is 0.254 e. The van der Waals surface area contributed by atoms with Crippen molar-refractivity contribution in [2.24, 2.45) is 17.8 Å². The molecule has 2 saturated carbocycles. The van der Waals surface area contributed by atoms with Crippen LogP contribution in [0.1, 0.15) is 41.6 Å². The van der Waals surface area contributed by atoms with Crippen LogP contribution in [-0.4, -0.2) is 61.6 Å². The number of hydrogen-bond acceptors (Lipinski definition) is 3. The zero-order valence-corrected chi connectivity index (χ0v) is 16.7. The first-order chi connectivity index (χ1) is 12.9. The maximum atomic E-state index is 13.4. The van der Waals surface area contributed by atoms with Crippen LogP contribution in [0.4, 0.5) is 4.39 Å². The van der Waals surface area contributed by atoms with Crippen LogP contribution in [0.3, 0.4) is 0 Å². The van der Waals surface area contributed by atoms with E-state index in [0.29, 0.717) is 29.0 Å². The number of carbonyl (C=O) groups excluding carboxylic acids is 1. The van der Waals surface area contributed by atoms with E-state index in [2.05, 4.69) is 19.0 Å². The number of rotatable bonds is 5. The lowest BCUT2D eigenvalue weighted by atomic mass is 9.77. The Balaban J connectivity index is 1.44. The molecule has 3 fully saturated rings. The number of amides is 1. The van der Waals surface area contributed by atoms with Gasteiger partial charge in [0, 0.05) is 31.3 Å². The van der Waals surface area contributed by atoms with Crippen LogP contribution >= 0.6 is 0 Å². The maximum Gasteiger partial charge on any atom is 0.254 e. The van der Waals surface area contributed by atoms with Crippen LogP contribution in [-0.2, 0) is 4.74 Å². The molecule has 1 saturated heterocycles. The monoisotopic (exact) mass is 374 g/mol. The summed E-state index contributed by atoms with van der Waals surface area (Å²) in [4.78, 5) is 17.3. The number of ether oxygens (including phenoxy) is 1. The summed E-state index contributed by atoms with van der Waals surface area (Å²) >= 11 is 0. The molecule has 1 amide bonds. The third kappa shape index (κ3) is 4.04. The molecule has 1 aromatic rings. The summed E-state index contributed by atoms with van der Waals surface area (Å²) in [6.07, 6.45) is 5.01. The van der Waals surface area contributed by atoms with Gasteiger partial charge in [0.05, 0.1) is 6.10 Å². The van der Waals surface area contributed by atoms with Crippen molar-refractivity contribution in [3.63, 3.8) is 0 Å². The fourth-order valence-electron chi connectivity index (χ4n) is 4.86. The maximum absolute atomic E-state index is 13.4. The van der Waals surface area contributed by atoms with E-state index in [-0.39, 0.29) is 17.8 Å². The highest BCUT2D eigenvalue weighted by molar-refractivity contribution is 5.95. The van der Waals surface area contributed by atoms with Crippen molar-refractivity contribution < 1.29 is 13.9 Å². The molecule has 0 N–H and O–H groups in total. The molecular formula is C22H31FN2O2. The van der Waals surface area contributed by atoms with Gasteiger partial charge in [-0.25, -0.2) is 4.39 Å². The van der Waals surface area contributed by atoms with Gasteiger partial charge in [-0.3, -0.25) is 4.79 Å². The van der Waals surface area contributed by atoms with E-state index < -0.39 is 0 Å². The predicted octanol–water partition coefficient (Wildman–Crippen LogP) is 3.34. The van der Waals surface area contributed by atoms with Gasteiger partial charge in [-0.1, -0.05) is 0 Å². The van der Waals surface area contributed by atoms with E-state index in [1.54, 1.807) is 6.07 Å². The zero-order chi connectivity index (χ0) is 19.1. The van der Waals surface area contributed by atoms with E-state index in [4.69, 9.17) is 4.74 Å². The van der Waals surface area contributed by atoms with Gasteiger partial charge in [-0.2, -0.15) is 0 Å². The Labute approximate surface area is 161 Å². The Morgan fingerprint density at radius 1 is 1.22 bits per heavy atom. The summed E-state index contributed by atoms with van der Waals surface area (Å²) in [6, 6.07) is 4.87. The highest BCUT2D eigenvalue weighted by atomic mass is 19.1. The topological polar surface area (TPSA) is 32.8 Å². The first-order valence-electron chi connectivity index (χ1n) is 10.3. The second-order valence-corrected chi connectivity index (χ2v) is 9.01. The number of likely N-dealkylation sites (tertiary alicyclic amines) is 1. The van der Waals surface area contributed by atoms with Crippen molar-refractivity contribution >= 4 is 5.91 Å². The third-order valence-corrected chi connectivity index (χ3v) is 6.70. The number of aryl methyl sites for hydroxylation is 1. The average Bonchev–Trinajstić information content (AvgIpc) is 3.35. The van der Waals surface area contributed by atoms with Crippen LogP contribution in [0.25, 0.3) is 0 Å². The number of fused-ring (bicyclic) bond motifs is 1. The average molecular weight is 375 g/mol. The van der Waals surface area contributed by atoms with Gasteiger partial charge in [-0.05, 0) is 88.2 Å². The van der Waals surface area contributed by atoms with Crippen molar-refractivity contribution in [1.29, 1.82) is 0 Å². The van der Waals surface area contributed by atoms with Gasteiger partial charge >= 0.3 is 0 Å². The van der Waals surface area contributed by atoms with Gasteiger partial charge < -0.3 is 14.5 Å². The number of carbonyl (C=O) groups is 1. The molecule has 148 valence electrons. The van der Waals surface area contributed by atoms with Crippen molar-refractivity contribution in [3.05, 3.63) is 35.1 Å². The molecule has 0 spiro atoms. The van der Waals surface area contributed by atoms with E-state index in [0.717, 1.165) is 38.5 Å². The minimum absolute atomic E-state index is 0.0405. The van der Waals surface area contributed by atoms with Crippen molar-refractivity contribution in [2.75, 3.05) is 33.8 Å². The van der Waals surface area contributed by atoms with Gasteiger partial charge in [0.15, 0.2) is 0 Å². The number of nitrogens with zero attached hydrogens (tertiary/aromatic N) is 2. The lowest BCUT2D eigenvalue weighted by molar-refractivity contribution is -0.0493. The van der Waals surface area contributed by atoms with Crippen LogP contribution < -0.4 is 0 Å². The standard InChI is InChI=1S/C22H31FN2O2/c1-14-8-18(23)6-7-19(14)22(26)25-11-16-9-20(24(2)3)21(10-17(16)12-25)27-13-15-4-5-15/h6-8,15-17,20-21H,4-5,9-13H2,1-3H3/t16-,17+,20-,21-/m1/s1. The second kappa shape index (κ2) is 7.51. The zero-order valence-electron chi connectivity index (χ0n) is 16.7. The number of benzene rings is 1. The van der Waals surface area contributed by atoms with Crippen LogP contribution in [0, 0.1) is 30.5 Å². The van der Waals surface area contributed by atoms with Crippen LogP contribution in [0.2, 0.25) is 0 Å². The molecule has 1 aromatic carbocycles. The van der Waals surface area contributed by atoms with Crippen molar-refractivity contribution in [1.82, 2.24) is 9.80 Å². The highest BCUT2D eigenvalue weighted by Crippen LogP contribution is 2.40. The summed E-state index contributed by atoms with van der Waals surface area (Å²) in [5, 5.41) is 0. The van der Waals surface area contributed by atoms with Crippen molar-refractivity contribution in [2.45, 2.75) is 44.8 Å². The minimum Gasteiger partial charge on any atom is -0.376 e. The number of hydrogen-bond donors (Lipinski definition) is 0. The Morgan fingerprint density at radius 2 is 1.93 bits per heavy atom. The van der Waals surface area contributed by atoms with E-state index in [1.807, 2.05) is 11.8 Å². The van der Waals surface area contributed by atoms with Gasteiger partial charge in [0.1, 0.15) is 5.82 Å². The van der Waals surface area contributed by atoms with Gasteiger partial charge in [0.2, 0.25) is 0 Å². The van der Waals surface area contributed by atoms with Crippen molar-refractivity contribution in [3.8, 4) is 0 Å². The molecule has 4 atom stereocenters.